The second-order valence-electron chi connectivity index (χ2n) is 5.59. The van der Waals surface area contributed by atoms with Gasteiger partial charge in [-0.15, -0.1) is 22.7 Å². The van der Waals surface area contributed by atoms with Crippen LogP contribution in [0.2, 0.25) is 0 Å². The zero-order valence-corrected chi connectivity index (χ0v) is 15.5. The number of hydrogen-bond acceptors (Lipinski definition) is 4. The minimum Gasteiger partial charge on any atom is -0.343 e. The van der Waals surface area contributed by atoms with E-state index in [0.29, 0.717) is 0 Å². The van der Waals surface area contributed by atoms with Gasteiger partial charge in [0.05, 0.1) is 10.6 Å². The van der Waals surface area contributed by atoms with Gasteiger partial charge in [-0.25, -0.2) is 0 Å². The monoisotopic (exact) mass is 361 g/mol. The zero-order valence-electron chi connectivity index (χ0n) is 13.9. The molecule has 0 fully saturated rings. The predicted octanol–water partition coefficient (Wildman–Crippen LogP) is 5.95. The van der Waals surface area contributed by atoms with Gasteiger partial charge in [-0.05, 0) is 55.0 Å². The van der Waals surface area contributed by atoms with E-state index in [1.165, 1.54) is 14.6 Å². The Morgan fingerprint density at radius 1 is 1.00 bits per heavy atom. The molecule has 3 rings (SSSR count). The fourth-order valence-electron chi connectivity index (χ4n) is 2.46. The van der Waals surface area contributed by atoms with Gasteiger partial charge in [0, 0.05) is 27.4 Å². The molecule has 0 aliphatic heterocycles. The summed E-state index contributed by atoms with van der Waals surface area (Å²) in [5.41, 5.74) is 3.08. The minimum absolute atomic E-state index is 0.102. The molecular weight excluding hydrogens is 346 g/mol. The number of hydrogen-bond donors (Lipinski definition) is 0. The van der Waals surface area contributed by atoms with Gasteiger partial charge >= 0.3 is 0 Å². The average molecular weight is 361 g/mol. The molecule has 3 aromatic heterocycles. The largest absolute Gasteiger partial charge is 0.343 e. The maximum atomic E-state index is 8.92. The van der Waals surface area contributed by atoms with Gasteiger partial charge in [-0.2, -0.15) is 10.5 Å². The molecular formula is C20H15N3S2. The van der Waals surface area contributed by atoms with E-state index < -0.39 is 0 Å². The molecule has 0 amide bonds. The molecule has 0 aliphatic rings. The Labute approximate surface area is 155 Å². The van der Waals surface area contributed by atoms with E-state index in [2.05, 4.69) is 30.8 Å². The normalized spacial score (nSPS) is 10.1. The van der Waals surface area contributed by atoms with E-state index in [9.17, 15) is 0 Å². The molecule has 0 atom stereocenters. The molecule has 3 heterocycles. The lowest BCUT2D eigenvalue weighted by atomic mass is 10.2. The van der Waals surface area contributed by atoms with Crippen LogP contribution in [0.5, 0.6) is 0 Å². The first-order valence-electron chi connectivity index (χ1n) is 7.57. The molecule has 0 spiro atoms. The van der Waals surface area contributed by atoms with Crippen LogP contribution in [0.1, 0.15) is 17.5 Å². The smallest absolute Gasteiger partial charge is 0.131 e. The van der Waals surface area contributed by atoms with Crippen LogP contribution in [0.4, 0.5) is 0 Å². The molecule has 3 nitrogen and oxygen atoms in total. The van der Waals surface area contributed by atoms with Crippen molar-refractivity contribution in [3.63, 3.8) is 0 Å². The number of rotatable bonds is 4. The number of aromatic nitrogens is 1. The summed E-state index contributed by atoms with van der Waals surface area (Å²) in [7, 11) is 1.94. The molecule has 0 aliphatic carbocycles. The van der Waals surface area contributed by atoms with Gasteiger partial charge in [0.25, 0.3) is 0 Å². The average Bonchev–Trinajstić information content (AvgIpc) is 3.32. The lowest BCUT2D eigenvalue weighted by molar-refractivity contribution is 0.926. The third-order valence-electron chi connectivity index (χ3n) is 3.82. The van der Waals surface area contributed by atoms with Crippen LogP contribution in [0.3, 0.4) is 0 Å². The topological polar surface area (TPSA) is 52.5 Å². The fraction of sp³-hybridized carbons (Fsp3) is 0.100. The Balaban J connectivity index is 1.94. The van der Waals surface area contributed by atoms with Gasteiger partial charge in [0.2, 0.25) is 0 Å². The summed E-state index contributed by atoms with van der Waals surface area (Å²) < 4.78 is 2.00. The maximum absolute atomic E-state index is 8.92. The first-order valence-corrected chi connectivity index (χ1v) is 9.20. The predicted molar refractivity (Wildman–Crippen MR) is 106 cm³/mol. The zero-order chi connectivity index (χ0) is 18.0. The highest BCUT2D eigenvalue weighted by Crippen LogP contribution is 2.39. The van der Waals surface area contributed by atoms with Crippen LogP contribution in [0.25, 0.3) is 32.0 Å². The van der Waals surface area contributed by atoms with Crippen molar-refractivity contribution in [3.05, 3.63) is 59.1 Å². The minimum atomic E-state index is 0.102. The van der Waals surface area contributed by atoms with Crippen molar-refractivity contribution in [3.8, 4) is 32.5 Å². The lowest BCUT2D eigenvalue weighted by Gasteiger charge is -2.03. The molecule has 5 heteroatoms. The molecule has 0 aromatic carbocycles. The van der Waals surface area contributed by atoms with Crippen molar-refractivity contribution in [2.45, 2.75) is 6.92 Å². The third-order valence-corrected chi connectivity index (χ3v) is 6.37. The molecule has 3 aromatic rings. The van der Waals surface area contributed by atoms with Crippen molar-refractivity contribution in [1.29, 1.82) is 10.5 Å². The highest BCUT2D eigenvalue weighted by molar-refractivity contribution is 7.24. The van der Waals surface area contributed by atoms with Crippen LogP contribution >= 0.6 is 22.7 Å². The van der Waals surface area contributed by atoms with Gasteiger partial charge in [-0.1, -0.05) is 6.58 Å². The van der Waals surface area contributed by atoms with Crippen molar-refractivity contribution in [2.75, 3.05) is 0 Å². The Bertz CT molecular complexity index is 1050. The molecule has 0 radical (unpaired) electrons. The van der Waals surface area contributed by atoms with Crippen LogP contribution < -0.4 is 0 Å². The fourth-order valence-corrected chi connectivity index (χ4v) is 4.55. The Morgan fingerprint density at radius 3 is 2.28 bits per heavy atom. The highest BCUT2D eigenvalue weighted by atomic mass is 32.1. The Kier molecular flexibility index (Phi) is 4.72. The summed E-state index contributed by atoms with van der Waals surface area (Å²) in [6.07, 6.45) is 1.61. The quantitative estimate of drug-likeness (QED) is 0.539. The lowest BCUT2D eigenvalue weighted by Crippen LogP contribution is -1.93. The van der Waals surface area contributed by atoms with Crippen molar-refractivity contribution in [1.82, 2.24) is 4.57 Å². The van der Waals surface area contributed by atoms with E-state index in [-0.39, 0.29) is 5.57 Å². The van der Waals surface area contributed by atoms with Crippen molar-refractivity contribution in [2.24, 2.45) is 7.05 Å². The van der Waals surface area contributed by atoms with Gasteiger partial charge in [0.1, 0.15) is 17.7 Å². The molecule has 0 unspecified atom stereocenters. The van der Waals surface area contributed by atoms with Crippen molar-refractivity contribution >= 4 is 34.3 Å². The number of allylic oxidation sites excluding steroid dienone is 2. The number of nitriles is 2. The molecule has 0 bridgehead atoms. The summed E-state index contributed by atoms with van der Waals surface area (Å²) >= 11 is 3.48. The SMILES string of the molecule is C=C(C)c1ccc(-c2ccc(-c3ccc(C=C(C#N)C#N)n3C)s2)s1. The van der Waals surface area contributed by atoms with E-state index in [4.69, 9.17) is 10.5 Å². The summed E-state index contributed by atoms with van der Waals surface area (Å²) in [5.74, 6) is 0. The summed E-state index contributed by atoms with van der Waals surface area (Å²) in [4.78, 5) is 4.81. The summed E-state index contributed by atoms with van der Waals surface area (Å²) in [5, 5.41) is 17.8. The van der Waals surface area contributed by atoms with Crippen molar-refractivity contribution < 1.29 is 0 Å². The van der Waals surface area contributed by atoms with Crippen LogP contribution in [0.15, 0.2) is 48.6 Å². The second kappa shape index (κ2) is 6.94. The Morgan fingerprint density at radius 2 is 1.64 bits per heavy atom. The van der Waals surface area contributed by atoms with Gasteiger partial charge in [-0.3, -0.25) is 0 Å². The number of nitrogens with zero attached hydrogens (tertiary/aromatic N) is 3. The van der Waals surface area contributed by atoms with Crippen LogP contribution in [-0.4, -0.2) is 4.57 Å². The molecule has 0 saturated heterocycles. The summed E-state index contributed by atoms with van der Waals surface area (Å²) in [6.45, 7) is 6.02. The standard InChI is InChI=1S/C20H15N3S2/c1-13(2)17-6-8-19(24-17)20-9-7-18(25-20)16-5-4-15(23(16)3)10-14(11-21)12-22/h4-10H,1H2,2-3H3. The van der Waals surface area contributed by atoms with E-state index >= 15 is 0 Å². The Hall–Kier alpha value is -2.86. The molecule has 25 heavy (non-hydrogen) atoms. The van der Waals surface area contributed by atoms with E-state index in [0.717, 1.165) is 21.8 Å². The van der Waals surface area contributed by atoms with E-state index in [1.54, 1.807) is 28.7 Å². The maximum Gasteiger partial charge on any atom is 0.131 e. The summed E-state index contributed by atoms with van der Waals surface area (Å²) in [6, 6.07) is 16.2. The second-order valence-corrected chi connectivity index (χ2v) is 7.76. The third kappa shape index (κ3) is 3.34. The molecule has 122 valence electrons. The molecule has 0 saturated carbocycles. The first kappa shape index (κ1) is 17.0. The highest BCUT2D eigenvalue weighted by Gasteiger charge is 2.11. The van der Waals surface area contributed by atoms with Crippen LogP contribution in [0, 0.1) is 22.7 Å². The number of thiophene rings is 2. The first-order chi connectivity index (χ1) is 12.0. The molecule has 0 N–H and O–H groups in total. The van der Waals surface area contributed by atoms with Crippen LogP contribution in [-0.2, 0) is 7.05 Å². The van der Waals surface area contributed by atoms with Gasteiger partial charge in [0.15, 0.2) is 0 Å². The van der Waals surface area contributed by atoms with Gasteiger partial charge < -0.3 is 4.57 Å². The van der Waals surface area contributed by atoms with E-state index in [1.807, 2.05) is 42.8 Å².